The molecular formula is C19H30N4O2. The van der Waals surface area contributed by atoms with Gasteiger partial charge in [0, 0.05) is 18.2 Å². The molecule has 0 aromatic carbocycles. The van der Waals surface area contributed by atoms with Gasteiger partial charge in [0.05, 0.1) is 6.54 Å². The number of aromatic nitrogens is 1. The first-order chi connectivity index (χ1) is 12.0. The number of nitrogens with one attached hydrogen (secondary N) is 2. The molecule has 0 bridgehead atoms. The number of carbonyl (C=O) groups excluding carboxylic acids is 2. The van der Waals surface area contributed by atoms with E-state index in [0.717, 1.165) is 44.3 Å². The zero-order valence-corrected chi connectivity index (χ0v) is 15.5. The van der Waals surface area contributed by atoms with E-state index in [4.69, 9.17) is 0 Å². The van der Waals surface area contributed by atoms with E-state index >= 15 is 0 Å². The molecular weight excluding hydrogens is 316 g/mol. The van der Waals surface area contributed by atoms with Gasteiger partial charge in [-0.25, -0.2) is 4.98 Å². The molecule has 1 aromatic rings. The zero-order chi connectivity index (χ0) is 18.2. The Morgan fingerprint density at radius 1 is 1.36 bits per heavy atom. The highest BCUT2D eigenvalue weighted by Gasteiger charge is 2.26. The first-order valence-electron chi connectivity index (χ1n) is 9.23. The van der Waals surface area contributed by atoms with Gasteiger partial charge in [-0.1, -0.05) is 13.3 Å². The second-order valence-electron chi connectivity index (χ2n) is 7.02. The minimum absolute atomic E-state index is 0.0133. The van der Waals surface area contributed by atoms with Gasteiger partial charge in [0.15, 0.2) is 0 Å². The minimum Gasteiger partial charge on any atom is -0.353 e. The summed E-state index contributed by atoms with van der Waals surface area (Å²) in [5, 5.41) is 5.93. The molecule has 2 heterocycles. The molecule has 138 valence electrons. The van der Waals surface area contributed by atoms with Crippen LogP contribution in [0.1, 0.15) is 45.1 Å². The van der Waals surface area contributed by atoms with E-state index in [0.29, 0.717) is 12.4 Å². The third-order valence-corrected chi connectivity index (χ3v) is 4.62. The maximum atomic E-state index is 12.4. The number of carbonyl (C=O) groups is 2. The molecule has 25 heavy (non-hydrogen) atoms. The SMILES string of the molecule is CCCC(C)NC(=O)CN1CCC(C(=O)Nc2cc(C)ccn2)CC1. The summed E-state index contributed by atoms with van der Waals surface area (Å²) in [7, 11) is 0. The largest absolute Gasteiger partial charge is 0.353 e. The Hall–Kier alpha value is -1.95. The third-order valence-electron chi connectivity index (χ3n) is 4.62. The standard InChI is InChI=1S/C19H30N4O2/c1-4-5-15(3)21-18(24)13-23-10-7-16(8-11-23)19(25)22-17-12-14(2)6-9-20-17/h6,9,12,15-16H,4-5,7-8,10-11,13H2,1-3H3,(H,21,24)(H,20,22,25). The van der Waals surface area contributed by atoms with Crippen LogP contribution in [-0.2, 0) is 9.59 Å². The van der Waals surface area contributed by atoms with Crippen molar-refractivity contribution in [2.24, 2.45) is 5.92 Å². The molecule has 1 unspecified atom stereocenters. The highest BCUT2D eigenvalue weighted by molar-refractivity contribution is 5.91. The summed E-state index contributed by atoms with van der Waals surface area (Å²) in [5.41, 5.74) is 1.07. The highest BCUT2D eigenvalue weighted by Crippen LogP contribution is 2.19. The van der Waals surface area contributed by atoms with Crippen LogP contribution >= 0.6 is 0 Å². The summed E-state index contributed by atoms with van der Waals surface area (Å²) in [4.78, 5) is 30.7. The summed E-state index contributed by atoms with van der Waals surface area (Å²) in [6.45, 7) is 8.09. The minimum atomic E-state index is -0.0133. The summed E-state index contributed by atoms with van der Waals surface area (Å²) in [6, 6.07) is 4.00. The Morgan fingerprint density at radius 2 is 2.08 bits per heavy atom. The lowest BCUT2D eigenvalue weighted by Gasteiger charge is -2.31. The van der Waals surface area contributed by atoms with Gasteiger partial charge in [-0.05, 0) is 63.9 Å². The number of piperidine rings is 1. The molecule has 0 radical (unpaired) electrons. The number of aryl methyl sites for hydroxylation is 1. The van der Waals surface area contributed by atoms with Crippen molar-refractivity contribution in [1.82, 2.24) is 15.2 Å². The van der Waals surface area contributed by atoms with Crippen LogP contribution in [0.3, 0.4) is 0 Å². The van der Waals surface area contributed by atoms with Crippen LogP contribution in [0.15, 0.2) is 18.3 Å². The van der Waals surface area contributed by atoms with Crippen molar-refractivity contribution < 1.29 is 9.59 Å². The molecule has 1 aliphatic heterocycles. The average Bonchev–Trinajstić information content (AvgIpc) is 2.55. The van der Waals surface area contributed by atoms with E-state index in [2.05, 4.69) is 27.4 Å². The Bertz CT molecular complexity index is 583. The quantitative estimate of drug-likeness (QED) is 0.795. The topological polar surface area (TPSA) is 74.3 Å². The number of rotatable bonds is 7. The number of amides is 2. The lowest BCUT2D eigenvalue weighted by molar-refractivity contribution is -0.123. The number of hydrogen-bond acceptors (Lipinski definition) is 4. The first kappa shape index (κ1) is 19.4. The van der Waals surface area contributed by atoms with E-state index < -0.39 is 0 Å². The van der Waals surface area contributed by atoms with Crippen LogP contribution < -0.4 is 10.6 Å². The predicted molar refractivity (Wildman–Crippen MR) is 99.3 cm³/mol. The van der Waals surface area contributed by atoms with Gasteiger partial charge in [0.2, 0.25) is 11.8 Å². The highest BCUT2D eigenvalue weighted by atomic mass is 16.2. The van der Waals surface area contributed by atoms with E-state index in [1.165, 1.54) is 0 Å². The van der Waals surface area contributed by atoms with Crippen LogP contribution in [0.2, 0.25) is 0 Å². The lowest BCUT2D eigenvalue weighted by Crippen LogP contribution is -2.45. The number of pyridine rings is 1. The molecule has 1 aromatic heterocycles. The molecule has 1 atom stereocenters. The van der Waals surface area contributed by atoms with Crippen LogP contribution in [0, 0.1) is 12.8 Å². The molecule has 1 fully saturated rings. The van der Waals surface area contributed by atoms with Crippen LogP contribution in [0.5, 0.6) is 0 Å². The molecule has 1 aliphatic rings. The Kier molecular flexibility index (Phi) is 7.37. The fourth-order valence-corrected chi connectivity index (χ4v) is 3.21. The number of likely N-dealkylation sites (tertiary alicyclic amines) is 1. The molecule has 2 rings (SSSR count). The Balaban J connectivity index is 1.73. The molecule has 0 aliphatic carbocycles. The van der Waals surface area contributed by atoms with E-state index in [1.807, 2.05) is 26.0 Å². The van der Waals surface area contributed by atoms with Gasteiger partial charge >= 0.3 is 0 Å². The second kappa shape index (κ2) is 9.51. The summed E-state index contributed by atoms with van der Waals surface area (Å²) in [5.74, 6) is 0.698. The molecule has 6 heteroatoms. The van der Waals surface area contributed by atoms with Crippen molar-refractivity contribution in [3.8, 4) is 0 Å². The van der Waals surface area contributed by atoms with E-state index in [-0.39, 0.29) is 23.8 Å². The third kappa shape index (κ3) is 6.46. The van der Waals surface area contributed by atoms with Crippen molar-refractivity contribution >= 4 is 17.6 Å². The molecule has 2 N–H and O–H groups in total. The molecule has 2 amide bonds. The number of hydrogen-bond donors (Lipinski definition) is 2. The van der Waals surface area contributed by atoms with Gasteiger partial charge in [-0.3, -0.25) is 14.5 Å². The lowest BCUT2D eigenvalue weighted by atomic mass is 9.96. The fourth-order valence-electron chi connectivity index (χ4n) is 3.21. The Morgan fingerprint density at radius 3 is 2.72 bits per heavy atom. The Labute approximate surface area is 150 Å². The molecule has 0 spiro atoms. The van der Waals surface area contributed by atoms with Crippen molar-refractivity contribution in [2.75, 3.05) is 25.0 Å². The summed E-state index contributed by atoms with van der Waals surface area (Å²) < 4.78 is 0. The van der Waals surface area contributed by atoms with Crippen molar-refractivity contribution in [2.45, 2.75) is 52.5 Å². The number of anilines is 1. The fraction of sp³-hybridized carbons (Fsp3) is 0.632. The van der Waals surface area contributed by atoms with Gasteiger partial charge in [0.25, 0.3) is 0 Å². The van der Waals surface area contributed by atoms with Gasteiger partial charge in [-0.2, -0.15) is 0 Å². The monoisotopic (exact) mass is 346 g/mol. The van der Waals surface area contributed by atoms with Crippen LogP contribution in [-0.4, -0.2) is 47.4 Å². The van der Waals surface area contributed by atoms with E-state index in [9.17, 15) is 9.59 Å². The van der Waals surface area contributed by atoms with Crippen molar-refractivity contribution in [3.63, 3.8) is 0 Å². The number of nitrogens with zero attached hydrogens (tertiary/aromatic N) is 2. The molecule has 1 saturated heterocycles. The second-order valence-corrected chi connectivity index (χ2v) is 7.02. The molecule has 0 saturated carbocycles. The van der Waals surface area contributed by atoms with Crippen LogP contribution in [0.4, 0.5) is 5.82 Å². The van der Waals surface area contributed by atoms with Crippen LogP contribution in [0.25, 0.3) is 0 Å². The zero-order valence-electron chi connectivity index (χ0n) is 15.5. The van der Waals surface area contributed by atoms with Crippen molar-refractivity contribution in [3.05, 3.63) is 23.9 Å². The van der Waals surface area contributed by atoms with E-state index in [1.54, 1.807) is 6.20 Å². The normalized spacial score (nSPS) is 17.1. The average molecular weight is 346 g/mol. The molecule has 6 nitrogen and oxygen atoms in total. The maximum absolute atomic E-state index is 12.4. The predicted octanol–water partition coefficient (Wildman–Crippen LogP) is 2.35. The smallest absolute Gasteiger partial charge is 0.234 e. The van der Waals surface area contributed by atoms with Crippen molar-refractivity contribution in [1.29, 1.82) is 0 Å². The summed E-state index contributed by atoms with van der Waals surface area (Å²) in [6.07, 6.45) is 5.31. The van der Waals surface area contributed by atoms with Gasteiger partial charge in [-0.15, -0.1) is 0 Å². The van der Waals surface area contributed by atoms with Gasteiger partial charge < -0.3 is 10.6 Å². The maximum Gasteiger partial charge on any atom is 0.234 e. The van der Waals surface area contributed by atoms with Gasteiger partial charge in [0.1, 0.15) is 5.82 Å². The first-order valence-corrected chi connectivity index (χ1v) is 9.23. The summed E-state index contributed by atoms with van der Waals surface area (Å²) >= 11 is 0.